The molecule has 0 bridgehead atoms. The molecule has 1 saturated heterocycles. The van der Waals surface area contributed by atoms with E-state index in [1.807, 2.05) is 30.3 Å². The molecule has 2 aromatic carbocycles. The molecule has 0 radical (unpaired) electrons. The molecule has 0 saturated carbocycles. The summed E-state index contributed by atoms with van der Waals surface area (Å²) in [7, 11) is 4.25. The van der Waals surface area contributed by atoms with Crippen molar-refractivity contribution >= 4 is 11.6 Å². The number of nitrogens with zero attached hydrogens (tertiary/aromatic N) is 5. The van der Waals surface area contributed by atoms with Crippen LogP contribution in [-0.2, 0) is 12.7 Å². The van der Waals surface area contributed by atoms with Gasteiger partial charge in [-0.3, -0.25) is 9.69 Å². The zero-order valence-electron chi connectivity index (χ0n) is 22.2. The van der Waals surface area contributed by atoms with Crippen LogP contribution in [0.2, 0.25) is 0 Å². The fourth-order valence-corrected chi connectivity index (χ4v) is 4.81. The van der Waals surface area contributed by atoms with E-state index in [1.165, 1.54) is 39.0 Å². The minimum absolute atomic E-state index is 0.00342. The van der Waals surface area contributed by atoms with Crippen molar-refractivity contribution in [1.29, 1.82) is 0 Å². The monoisotopic (exact) mass is 555 g/mol. The molecule has 1 aliphatic heterocycles. The van der Waals surface area contributed by atoms with Gasteiger partial charge in [-0.25, -0.2) is 9.50 Å². The summed E-state index contributed by atoms with van der Waals surface area (Å²) in [6.45, 7) is 2.90. The average molecular weight is 556 g/mol. The standard InChI is InChI=1S/C28H28F3N5O4/c1-38-22-13-19(14-23(39-2)25(22)40-3)21-15-24(28(29,30)31)36-26(33-21)20(16-32-36)27(37)35-11-9-34(10-12-35)17-18-7-5-4-6-8-18/h4-8,13-16H,9-12,17H2,1-3H3. The molecular formula is C28H28F3N5O4. The van der Waals surface area contributed by atoms with Crippen molar-refractivity contribution in [2.45, 2.75) is 12.7 Å². The summed E-state index contributed by atoms with van der Waals surface area (Å²) in [5.74, 6) is 0.380. The molecule has 2 aromatic heterocycles. The predicted molar refractivity (Wildman–Crippen MR) is 141 cm³/mol. The van der Waals surface area contributed by atoms with Gasteiger partial charge in [0.2, 0.25) is 5.75 Å². The van der Waals surface area contributed by atoms with Crippen LogP contribution in [0.15, 0.2) is 54.7 Å². The van der Waals surface area contributed by atoms with E-state index < -0.39 is 17.8 Å². The van der Waals surface area contributed by atoms with Gasteiger partial charge in [0.25, 0.3) is 5.91 Å². The molecule has 3 heterocycles. The number of rotatable bonds is 7. The Morgan fingerprint density at radius 2 is 1.57 bits per heavy atom. The van der Waals surface area contributed by atoms with Gasteiger partial charge in [-0.2, -0.15) is 18.3 Å². The van der Waals surface area contributed by atoms with Crippen LogP contribution in [0.5, 0.6) is 17.2 Å². The van der Waals surface area contributed by atoms with Gasteiger partial charge in [-0.1, -0.05) is 30.3 Å². The number of hydrogen-bond acceptors (Lipinski definition) is 7. The lowest BCUT2D eigenvalue weighted by molar-refractivity contribution is -0.142. The zero-order valence-corrected chi connectivity index (χ0v) is 22.2. The van der Waals surface area contributed by atoms with Crippen molar-refractivity contribution in [3.63, 3.8) is 0 Å². The third-order valence-electron chi connectivity index (χ3n) is 6.86. The molecule has 1 fully saturated rings. The summed E-state index contributed by atoms with van der Waals surface area (Å²) < 4.78 is 59.2. The molecule has 0 aliphatic carbocycles. The SMILES string of the molecule is COc1cc(-c2cc(C(F)(F)F)n3ncc(C(=O)N4CCN(Cc5ccccc5)CC4)c3n2)cc(OC)c1OC. The molecule has 0 spiro atoms. The van der Waals surface area contributed by atoms with E-state index in [1.54, 1.807) is 4.90 Å². The van der Waals surface area contributed by atoms with E-state index in [4.69, 9.17) is 14.2 Å². The van der Waals surface area contributed by atoms with E-state index in [-0.39, 0.29) is 39.7 Å². The van der Waals surface area contributed by atoms with E-state index in [0.29, 0.717) is 30.7 Å². The normalized spacial score (nSPS) is 14.4. The zero-order chi connectivity index (χ0) is 28.4. The van der Waals surface area contributed by atoms with Crippen LogP contribution < -0.4 is 14.2 Å². The summed E-state index contributed by atoms with van der Waals surface area (Å²) in [6.07, 6.45) is -3.61. The summed E-state index contributed by atoms with van der Waals surface area (Å²) in [5, 5.41) is 3.91. The van der Waals surface area contributed by atoms with Crippen LogP contribution in [0.1, 0.15) is 21.6 Å². The van der Waals surface area contributed by atoms with E-state index >= 15 is 0 Å². The Hall–Kier alpha value is -4.32. The predicted octanol–water partition coefficient (Wildman–Crippen LogP) is 4.40. The van der Waals surface area contributed by atoms with Crippen LogP contribution in [-0.4, -0.2) is 77.8 Å². The van der Waals surface area contributed by atoms with Crippen LogP contribution in [0.3, 0.4) is 0 Å². The maximum absolute atomic E-state index is 14.2. The molecule has 1 aliphatic rings. The smallest absolute Gasteiger partial charge is 0.433 e. The number of benzene rings is 2. The van der Waals surface area contributed by atoms with Crippen LogP contribution >= 0.6 is 0 Å². The molecule has 40 heavy (non-hydrogen) atoms. The van der Waals surface area contributed by atoms with Gasteiger partial charge in [0.1, 0.15) is 5.56 Å². The second-order valence-electron chi connectivity index (χ2n) is 9.29. The highest BCUT2D eigenvalue weighted by Crippen LogP contribution is 2.42. The van der Waals surface area contributed by atoms with Crippen LogP contribution in [0.4, 0.5) is 13.2 Å². The van der Waals surface area contributed by atoms with Crippen molar-refractivity contribution in [1.82, 2.24) is 24.4 Å². The Bertz CT molecular complexity index is 1490. The molecule has 5 rings (SSSR count). The number of ether oxygens (including phenoxy) is 3. The van der Waals surface area contributed by atoms with Crippen molar-refractivity contribution in [3.8, 4) is 28.5 Å². The average Bonchev–Trinajstić information content (AvgIpc) is 3.39. The number of aromatic nitrogens is 3. The molecular weight excluding hydrogens is 527 g/mol. The Morgan fingerprint density at radius 1 is 0.925 bits per heavy atom. The first-order chi connectivity index (χ1) is 19.2. The van der Waals surface area contributed by atoms with Crippen LogP contribution in [0.25, 0.3) is 16.9 Å². The highest BCUT2D eigenvalue weighted by molar-refractivity contribution is 6.00. The highest BCUT2D eigenvalue weighted by Gasteiger charge is 2.37. The number of methoxy groups -OCH3 is 3. The van der Waals surface area contributed by atoms with Gasteiger partial charge in [-0.15, -0.1) is 0 Å². The number of carbonyl (C=O) groups excluding carboxylic acids is 1. The Kier molecular flexibility index (Phi) is 7.53. The highest BCUT2D eigenvalue weighted by atomic mass is 19.4. The number of fused-ring (bicyclic) bond motifs is 1. The maximum Gasteiger partial charge on any atom is 0.433 e. The summed E-state index contributed by atoms with van der Waals surface area (Å²) in [4.78, 5) is 21.8. The van der Waals surface area contributed by atoms with Crippen molar-refractivity contribution in [2.24, 2.45) is 0 Å². The second kappa shape index (κ2) is 11.0. The number of halogens is 3. The van der Waals surface area contributed by atoms with E-state index in [2.05, 4.69) is 15.0 Å². The fourth-order valence-electron chi connectivity index (χ4n) is 4.81. The number of amides is 1. The lowest BCUT2D eigenvalue weighted by Gasteiger charge is -2.34. The maximum atomic E-state index is 14.2. The summed E-state index contributed by atoms with van der Waals surface area (Å²) in [5.41, 5.74) is 0.186. The minimum atomic E-state index is -4.76. The van der Waals surface area contributed by atoms with Gasteiger partial charge >= 0.3 is 6.18 Å². The Balaban J connectivity index is 1.49. The second-order valence-corrected chi connectivity index (χ2v) is 9.29. The molecule has 12 heteroatoms. The van der Waals surface area contributed by atoms with E-state index in [9.17, 15) is 18.0 Å². The number of hydrogen-bond donors (Lipinski definition) is 0. The summed E-state index contributed by atoms with van der Waals surface area (Å²) >= 11 is 0. The van der Waals surface area contributed by atoms with Gasteiger partial charge in [-0.05, 0) is 23.8 Å². The topological polar surface area (TPSA) is 81.4 Å². The van der Waals surface area contributed by atoms with Crippen molar-refractivity contribution < 1.29 is 32.2 Å². The van der Waals surface area contributed by atoms with Crippen molar-refractivity contribution in [3.05, 3.63) is 71.5 Å². The first-order valence-electron chi connectivity index (χ1n) is 12.6. The molecule has 0 atom stereocenters. The Morgan fingerprint density at radius 3 is 2.15 bits per heavy atom. The van der Waals surface area contributed by atoms with Gasteiger partial charge < -0.3 is 19.1 Å². The lowest BCUT2D eigenvalue weighted by Crippen LogP contribution is -2.48. The fraction of sp³-hybridized carbons (Fsp3) is 0.321. The van der Waals surface area contributed by atoms with Gasteiger partial charge in [0.05, 0.1) is 33.2 Å². The first kappa shape index (κ1) is 27.3. The first-order valence-corrected chi connectivity index (χ1v) is 12.6. The third kappa shape index (κ3) is 5.26. The molecule has 9 nitrogen and oxygen atoms in total. The van der Waals surface area contributed by atoms with Crippen molar-refractivity contribution in [2.75, 3.05) is 47.5 Å². The lowest BCUT2D eigenvalue weighted by atomic mass is 10.1. The molecule has 0 N–H and O–H groups in total. The Labute approximate surface area is 228 Å². The van der Waals surface area contributed by atoms with Gasteiger partial charge in [0.15, 0.2) is 22.8 Å². The molecule has 4 aromatic rings. The molecule has 210 valence electrons. The minimum Gasteiger partial charge on any atom is -0.493 e. The summed E-state index contributed by atoms with van der Waals surface area (Å²) in [6, 6.07) is 13.9. The third-order valence-corrected chi connectivity index (χ3v) is 6.86. The number of alkyl halides is 3. The van der Waals surface area contributed by atoms with Gasteiger partial charge in [0, 0.05) is 38.3 Å². The molecule has 1 amide bonds. The largest absolute Gasteiger partial charge is 0.493 e. The quantitative estimate of drug-likeness (QED) is 0.335. The van der Waals surface area contributed by atoms with E-state index in [0.717, 1.165) is 18.8 Å². The van der Waals surface area contributed by atoms with Crippen LogP contribution in [0, 0.1) is 0 Å². The number of carbonyl (C=O) groups is 1. The molecule has 0 unspecified atom stereocenters. The number of piperazine rings is 1.